The van der Waals surface area contributed by atoms with E-state index in [2.05, 4.69) is 23.8 Å². The molecule has 0 aromatic carbocycles. The van der Waals surface area contributed by atoms with Crippen LogP contribution in [0.2, 0.25) is 5.28 Å². The lowest BCUT2D eigenvalue weighted by atomic mass is 10.2. The third-order valence-electron chi connectivity index (χ3n) is 3.45. The molecule has 3 rings (SSSR count). The van der Waals surface area contributed by atoms with E-state index in [1.165, 1.54) is 6.33 Å². The van der Waals surface area contributed by atoms with E-state index in [9.17, 15) is 9.46 Å². The summed E-state index contributed by atoms with van der Waals surface area (Å²) in [5, 5.41) is -0.0446. The Balaban J connectivity index is 1.65. The van der Waals surface area contributed by atoms with E-state index in [0.717, 1.165) is 0 Å². The number of aromatic nitrogens is 4. The molecule has 0 radical (unpaired) electrons. The molecule has 2 aromatic heterocycles. The highest BCUT2D eigenvalue weighted by molar-refractivity contribution is 7.64. The lowest BCUT2D eigenvalue weighted by Crippen LogP contribution is -2.16. The number of nitrogens with two attached hydrogens (primary N) is 1. The fraction of sp³-hybridized carbons (Fsp3) is 0.500. The molecule has 1 aliphatic rings. The van der Waals surface area contributed by atoms with Crippen molar-refractivity contribution < 1.29 is 37.7 Å². The maximum absolute atomic E-state index is 11.5. The molecule has 1 saturated heterocycles. The Morgan fingerprint density at radius 2 is 2.15 bits per heavy atom. The average Bonchev–Trinajstić information content (AvgIpc) is 3.08. The van der Waals surface area contributed by atoms with Crippen molar-refractivity contribution in [3.05, 3.63) is 11.6 Å². The quantitative estimate of drug-likeness (QED) is 0.315. The highest BCUT2D eigenvalue weighted by Gasteiger charge is 2.46. The Morgan fingerprint density at radius 1 is 1.42 bits per heavy atom. The molecular weight excluding hydrogens is 416 g/mol. The summed E-state index contributed by atoms with van der Waals surface area (Å²) in [5.74, 6) is 0.124. The molecule has 16 heteroatoms. The third kappa shape index (κ3) is 4.65. The number of hydrogen-bond donors (Lipinski definition) is 5. The van der Waals surface area contributed by atoms with Gasteiger partial charge in [-0.15, -0.1) is 0 Å². The maximum Gasteiger partial charge on any atom is 0.577 e. The molecule has 144 valence electrons. The largest absolute Gasteiger partial charge is 0.577 e. The van der Waals surface area contributed by atoms with Crippen LogP contribution in [0.3, 0.4) is 0 Å². The van der Waals surface area contributed by atoms with Crippen LogP contribution in [0.4, 0.5) is 5.82 Å². The first-order valence-corrected chi connectivity index (χ1v) is 10.5. The molecule has 0 saturated carbocycles. The number of anilines is 1. The zero-order chi connectivity index (χ0) is 19.1. The monoisotopic (exact) mass is 430 g/mol. The van der Waals surface area contributed by atoms with Crippen molar-refractivity contribution in [2.75, 3.05) is 12.3 Å². The smallest absolute Gasteiger partial charge is 0.382 e. The van der Waals surface area contributed by atoms with Gasteiger partial charge in [0.15, 0.2) is 11.5 Å². The third-order valence-corrected chi connectivity index (χ3v) is 5.80. The van der Waals surface area contributed by atoms with Crippen LogP contribution in [0.1, 0.15) is 19.1 Å². The molecule has 3 unspecified atom stereocenters. The molecule has 3 atom stereocenters. The fourth-order valence-corrected chi connectivity index (χ4v) is 4.30. The molecule has 13 nitrogen and oxygen atoms in total. The highest BCUT2D eigenvalue weighted by atomic mass is 35.5. The zero-order valence-corrected chi connectivity index (χ0v) is 15.5. The SMILES string of the molecule is Nc1nc(Cl)nc2c1ncn2C1CCC(COP(=O)(O)O[P+](O)(O)O)O1. The summed E-state index contributed by atoms with van der Waals surface area (Å²) >= 11 is 5.81. The van der Waals surface area contributed by atoms with Crippen molar-refractivity contribution in [2.45, 2.75) is 25.2 Å². The van der Waals surface area contributed by atoms with Crippen LogP contribution in [0.5, 0.6) is 0 Å². The molecule has 0 spiro atoms. The summed E-state index contributed by atoms with van der Waals surface area (Å²) in [5.41, 5.74) is 6.48. The lowest BCUT2D eigenvalue weighted by Gasteiger charge is -2.16. The van der Waals surface area contributed by atoms with E-state index >= 15 is 0 Å². The summed E-state index contributed by atoms with van der Waals surface area (Å²) in [6.45, 7) is -0.380. The second kappa shape index (κ2) is 7.21. The van der Waals surface area contributed by atoms with Crippen molar-refractivity contribution >= 4 is 44.6 Å². The molecule has 3 heterocycles. The van der Waals surface area contributed by atoms with Crippen molar-refractivity contribution in [3.63, 3.8) is 0 Å². The molecule has 2 aromatic rings. The first kappa shape index (κ1) is 19.8. The number of nitrogen functional groups attached to an aromatic ring is 1. The van der Waals surface area contributed by atoms with Gasteiger partial charge in [-0.1, -0.05) is 0 Å². The summed E-state index contributed by atoms with van der Waals surface area (Å²) < 4.78 is 27.2. The lowest BCUT2D eigenvalue weighted by molar-refractivity contribution is -0.0207. The zero-order valence-electron chi connectivity index (χ0n) is 12.9. The standard InChI is InChI=1S/C10H14ClN5O8P2/c11-10-14-8(12)7-9(15-10)16(4-13-7)6-2-1-5(23-6)3-22-26(20,21)24-25(17,18)19/h4-6,17-19H,1-3H2,(H2-,12,14,15,20,21)/p+1. The minimum atomic E-state index is -4.92. The van der Waals surface area contributed by atoms with E-state index in [1.54, 1.807) is 4.57 Å². The number of halogens is 1. The summed E-state index contributed by atoms with van der Waals surface area (Å²) in [7, 11) is -9.77. The fourth-order valence-electron chi connectivity index (χ4n) is 2.47. The van der Waals surface area contributed by atoms with Crippen LogP contribution >= 0.6 is 27.6 Å². The van der Waals surface area contributed by atoms with E-state index in [0.29, 0.717) is 24.0 Å². The normalized spacial score (nSPS) is 23.4. The number of rotatable bonds is 6. The molecule has 0 aliphatic carbocycles. The van der Waals surface area contributed by atoms with Gasteiger partial charge in [0.1, 0.15) is 11.7 Å². The topological polar surface area (TPSA) is 195 Å². The second-order valence-corrected chi connectivity index (χ2v) is 8.56. The van der Waals surface area contributed by atoms with Gasteiger partial charge in [-0.25, -0.2) is 9.55 Å². The van der Waals surface area contributed by atoms with E-state index in [1.807, 2.05) is 0 Å². The molecule has 1 fully saturated rings. The second-order valence-electron chi connectivity index (χ2n) is 5.35. The maximum atomic E-state index is 11.5. The molecule has 0 bridgehead atoms. The number of phosphoric ester groups is 1. The van der Waals surface area contributed by atoms with Crippen LogP contribution in [0.15, 0.2) is 6.33 Å². The number of nitrogens with zero attached hydrogens (tertiary/aromatic N) is 4. The number of fused-ring (bicyclic) bond motifs is 1. The van der Waals surface area contributed by atoms with Gasteiger partial charge in [0.2, 0.25) is 5.28 Å². The van der Waals surface area contributed by atoms with Crippen molar-refractivity contribution in [2.24, 2.45) is 0 Å². The van der Waals surface area contributed by atoms with E-state index in [-0.39, 0.29) is 17.7 Å². The summed E-state index contributed by atoms with van der Waals surface area (Å²) in [4.78, 5) is 47.3. The average molecular weight is 431 g/mol. The minimum Gasteiger partial charge on any atom is -0.382 e. The van der Waals surface area contributed by atoms with Crippen molar-refractivity contribution in [3.8, 4) is 0 Å². The Hall–Kier alpha value is -0.980. The molecule has 26 heavy (non-hydrogen) atoms. The molecule has 6 N–H and O–H groups in total. The summed E-state index contributed by atoms with van der Waals surface area (Å²) in [6, 6.07) is 0. The Labute approximate surface area is 151 Å². The van der Waals surface area contributed by atoms with Crippen molar-refractivity contribution in [1.82, 2.24) is 19.5 Å². The van der Waals surface area contributed by atoms with Gasteiger partial charge in [0.25, 0.3) is 0 Å². The van der Waals surface area contributed by atoms with Gasteiger partial charge in [-0.3, -0.25) is 9.09 Å². The van der Waals surface area contributed by atoms with E-state index in [4.69, 9.17) is 36.8 Å². The van der Waals surface area contributed by atoms with Gasteiger partial charge in [-0.2, -0.15) is 24.6 Å². The Kier molecular flexibility index (Phi) is 5.48. The van der Waals surface area contributed by atoms with Crippen molar-refractivity contribution in [1.29, 1.82) is 0 Å². The molecule has 0 amide bonds. The number of imidazole rings is 1. The highest BCUT2D eigenvalue weighted by Crippen LogP contribution is 2.62. The van der Waals surface area contributed by atoms with E-state index < -0.39 is 28.3 Å². The number of ether oxygens (including phenoxy) is 1. The minimum absolute atomic E-state index is 0.0446. The predicted molar refractivity (Wildman–Crippen MR) is 88.3 cm³/mol. The van der Waals surface area contributed by atoms with Crippen LogP contribution < -0.4 is 5.73 Å². The van der Waals surface area contributed by atoms with Gasteiger partial charge in [-0.05, 0) is 28.8 Å². The predicted octanol–water partition coefficient (Wildman–Crippen LogP) is 0.528. The number of hydrogen-bond acceptors (Lipinski definition) is 11. The van der Waals surface area contributed by atoms with Crippen LogP contribution in [-0.2, 0) is 18.1 Å². The van der Waals surface area contributed by atoms with Gasteiger partial charge >= 0.3 is 16.0 Å². The van der Waals surface area contributed by atoms with Gasteiger partial charge < -0.3 is 15.4 Å². The first-order chi connectivity index (χ1) is 12.0. The molecule has 1 aliphatic heterocycles. The molecular formula is C10H15ClN5O8P2+. The number of phosphoric acid groups is 1. The van der Waals surface area contributed by atoms with Gasteiger partial charge in [0.05, 0.1) is 19.0 Å². The Bertz CT molecular complexity index is 860. The summed E-state index contributed by atoms with van der Waals surface area (Å²) in [6.07, 6.45) is 1.32. The first-order valence-electron chi connectivity index (χ1n) is 7.11. The Morgan fingerprint density at radius 3 is 2.85 bits per heavy atom. The van der Waals surface area contributed by atoms with Crippen LogP contribution in [-0.4, -0.2) is 51.8 Å². The van der Waals surface area contributed by atoms with Crippen LogP contribution in [0.25, 0.3) is 11.2 Å². The van der Waals surface area contributed by atoms with Gasteiger partial charge in [0, 0.05) is 0 Å². The van der Waals surface area contributed by atoms with Crippen LogP contribution in [0, 0.1) is 0 Å².